The number of hydrogen-bond donors (Lipinski definition) is 1. The van der Waals surface area contributed by atoms with Crippen molar-refractivity contribution in [2.24, 2.45) is 0 Å². The van der Waals surface area contributed by atoms with Crippen molar-refractivity contribution in [3.63, 3.8) is 0 Å². The highest BCUT2D eigenvalue weighted by molar-refractivity contribution is 7.87. The third-order valence-corrected chi connectivity index (χ3v) is 8.69. The zero-order chi connectivity index (χ0) is 23.6. The highest BCUT2D eigenvalue weighted by Gasteiger charge is 2.35. The van der Waals surface area contributed by atoms with Crippen molar-refractivity contribution < 1.29 is 13.2 Å². The molecule has 2 atom stereocenters. The van der Waals surface area contributed by atoms with Crippen LogP contribution in [0.3, 0.4) is 0 Å². The summed E-state index contributed by atoms with van der Waals surface area (Å²) >= 11 is 0. The number of ether oxygens (including phenoxy) is 1. The molecule has 7 nitrogen and oxygen atoms in total. The first-order chi connectivity index (χ1) is 15.8. The monoisotopic (exact) mass is 473 g/mol. The molecule has 4 rings (SSSR count). The minimum atomic E-state index is -3.62. The van der Waals surface area contributed by atoms with Crippen molar-refractivity contribution >= 4 is 10.2 Å². The van der Waals surface area contributed by atoms with E-state index in [0.29, 0.717) is 30.9 Å². The number of nitrogens with zero attached hydrogens (tertiary/aromatic N) is 2. The molecular formula is C25H35N3O4S. The van der Waals surface area contributed by atoms with Crippen LogP contribution in [-0.2, 0) is 21.4 Å². The lowest BCUT2D eigenvalue weighted by Gasteiger charge is -2.37. The Morgan fingerprint density at radius 1 is 1.03 bits per heavy atom. The van der Waals surface area contributed by atoms with Crippen LogP contribution in [0.1, 0.15) is 60.9 Å². The molecule has 0 unspecified atom stereocenters. The number of pyridine rings is 1. The number of aromatic nitrogens is 1. The molecule has 1 aliphatic heterocycles. The molecule has 8 heteroatoms. The molecule has 1 saturated carbocycles. The van der Waals surface area contributed by atoms with E-state index in [4.69, 9.17) is 4.74 Å². The van der Waals surface area contributed by atoms with Crippen LogP contribution in [-0.4, -0.2) is 50.1 Å². The Balaban J connectivity index is 1.48. The van der Waals surface area contributed by atoms with Crippen LogP contribution in [0.4, 0.5) is 0 Å². The van der Waals surface area contributed by atoms with E-state index in [-0.39, 0.29) is 17.7 Å². The second-order valence-corrected chi connectivity index (χ2v) is 11.4. The van der Waals surface area contributed by atoms with Gasteiger partial charge < -0.3 is 9.30 Å². The van der Waals surface area contributed by atoms with E-state index in [2.05, 4.69) is 29.0 Å². The molecule has 2 aromatic rings. The Morgan fingerprint density at radius 2 is 1.73 bits per heavy atom. The first-order valence-corrected chi connectivity index (χ1v) is 13.3. The fourth-order valence-electron chi connectivity index (χ4n) is 5.08. The molecule has 0 bridgehead atoms. The van der Waals surface area contributed by atoms with Crippen molar-refractivity contribution in [3.05, 3.63) is 69.6 Å². The average Bonchev–Trinajstić information content (AvgIpc) is 2.81. The number of nitrogens with one attached hydrogen (secondary N) is 1. The molecule has 1 aromatic carbocycles. The van der Waals surface area contributed by atoms with Crippen LogP contribution in [0.5, 0.6) is 0 Å². The van der Waals surface area contributed by atoms with Gasteiger partial charge >= 0.3 is 0 Å². The summed E-state index contributed by atoms with van der Waals surface area (Å²) in [6.07, 6.45) is 5.49. The number of hydrogen-bond acceptors (Lipinski definition) is 4. The van der Waals surface area contributed by atoms with Gasteiger partial charge in [0.15, 0.2) is 0 Å². The quantitative estimate of drug-likeness (QED) is 0.670. The molecule has 1 aliphatic carbocycles. The number of benzene rings is 1. The van der Waals surface area contributed by atoms with Crippen LogP contribution in [0.2, 0.25) is 0 Å². The number of aryl methyl sites for hydroxylation is 2. The molecule has 180 valence electrons. The molecule has 1 N–H and O–H groups in total. The predicted octanol–water partition coefficient (Wildman–Crippen LogP) is 3.15. The van der Waals surface area contributed by atoms with Gasteiger partial charge in [0.1, 0.15) is 0 Å². The van der Waals surface area contributed by atoms with Gasteiger partial charge in [-0.25, -0.2) is 0 Å². The lowest BCUT2D eigenvalue weighted by molar-refractivity contribution is -0.00177. The largest absolute Gasteiger partial charge is 0.376 e. The lowest BCUT2D eigenvalue weighted by atomic mass is 9.83. The van der Waals surface area contributed by atoms with Gasteiger partial charge in [-0.1, -0.05) is 36.4 Å². The second kappa shape index (κ2) is 10.1. The van der Waals surface area contributed by atoms with Crippen molar-refractivity contribution in [3.8, 4) is 0 Å². The van der Waals surface area contributed by atoms with Crippen LogP contribution < -0.4 is 10.3 Å². The Hall–Kier alpha value is -2.00. The molecule has 1 aromatic heterocycles. The molecule has 0 spiro atoms. The van der Waals surface area contributed by atoms with E-state index in [9.17, 15) is 13.2 Å². The first-order valence-electron chi connectivity index (χ1n) is 11.8. The molecule has 2 heterocycles. The van der Waals surface area contributed by atoms with Crippen LogP contribution >= 0.6 is 0 Å². The molecule has 33 heavy (non-hydrogen) atoms. The van der Waals surface area contributed by atoms with Gasteiger partial charge in [0.25, 0.3) is 15.8 Å². The summed E-state index contributed by atoms with van der Waals surface area (Å²) in [4.78, 5) is 13.0. The highest BCUT2D eigenvalue weighted by Crippen LogP contribution is 2.35. The third-order valence-electron chi connectivity index (χ3n) is 7.13. The van der Waals surface area contributed by atoms with Crippen molar-refractivity contribution in [1.29, 1.82) is 0 Å². The molecular weight excluding hydrogens is 438 g/mol. The standard InChI is InChI=1S/C25H35N3O4S/c1-18-9-12-21-13-16-23(26-33(30,31)27(2)3)24(28(21)25(18)29)17-32-22-14-10-20(11-15-22)19-7-5-4-6-8-19/h4-9,12,20,22-24,26H,10-11,13-17H2,1-3H3/t20?,22?,23-,24-/m0/s1. The first kappa shape index (κ1) is 24.1. The maximum absolute atomic E-state index is 13.0. The summed E-state index contributed by atoms with van der Waals surface area (Å²) in [7, 11) is -0.613. The molecule has 0 amide bonds. The van der Waals surface area contributed by atoms with Gasteiger partial charge in [0, 0.05) is 31.4 Å². The van der Waals surface area contributed by atoms with Crippen LogP contribution in [0.15, 0.2) is 47.3 Å². The summed E-state index contributed by atoms with van der Waals surface area (Å²) in [6.45, 7) is 2.11. The highest BCUT2D eigenvalue weighted by atomic mass is 32.2. The van der Waals surface area contributed by atoms with E-state index in [1.165, 1.54) is 24.0 Å². The predicted molar refractivity (Wildman–Crippen MR) is 130 cm³/mol. The molecule has 0 saturated heterocycles. The second-order valence-electron chi connectivity index (χ2n) is 9.52. The average molecular weight is 474 g/mol. The fourth-order valence-corrected chi connectivity index (χ4v) is 5.95. The van der Waals surface area contributed by atoms with E-state index in [1.807, 2.05) is 18.2 Å². The van der Waals surface area contributed by atoms with Gasteiger partial charge in [-0.05, 0) is 63.0 Å². The smallest absolute Gasteiger partial charge is 0.279 e. The zero-order valence-corrected chi connectivity index (χ0v) is 20.6. The van der Waals surface area contributed by atoms with Crippen LogP contribution in [0.25, 0.3) is 0 Å². The minimum absolute atomic E-state index is 0.0670. The molecule has 2 aliphatic rings. The normalized spacial score (nSPS) is 25.7. The number of fused-ring (bicyclic) bond motifs is 1. The third kappa shape index (κ3) is 5.40. The van der Waals surface area contributed by atoms with E-state index in [1.54, 1.807) is 11.5 Å². The SMILES string of the molecule is Cc1ccc2n(c1=O)[C@@H](COC1CCC(c3ccccc3)CC1)[C@@H](NS(=O)(=O)N(C)C)CC2. The van der Waals surface area contributed by atoms with Gasteiger partial charge in [-0.15, -0.1) is 0 Å². The Bertz CT molecular complexity index is 1110. The van der Waals surface area contributed by atoms with Gasteiger partial charge in [-0.3, -0.25) is 4.79 Å². The summed E-state index contributed by atoms with van der Waals surface area (Å²) in [5.74, 6) is 0.561. The Kier molecular flexibility index (Phi) is 7.38. The topological polar surface area (TPSA) is 80.6 Å². The maximum Gasteiger partial charge on any atom is 0.279 e. The maximum atomic E-state index is 13.0. The lowest BCUT2D eigenvalue weighted by Crippen LogP contribution is -2.52. The Morgan fingerprint density at radius 3 is 2.39 bits per heavy atom. The van der Waals surface area contributed by atoms with Crippen molar-refractivity contribution in [1.82, 2.24) is 13.6 Å². The zero-order valence-electron chi connectivity index (χ0n) is 19.7. The number of rotatable bonds is 7. The fraction of sp³-hybridized carbons (Fsp3) is 0.560. The van der Waals surface area contributed by atoms with Gasteiger partial charge in [0.05, 0.1) is 18.8 Å². The van der Waals surface area contributed by atoms with E-state index in [0.717, 1.165) is 31.4 Å². The summed E-state index contributed by atoms with van der Waals surface area (Å²) < 4.78 is 37.2. The summed E-state index contributed by atoms with van der Waals surface area (Å²) in [5.41, 5.74) is 2.91. The summed E-state index contributed by atoms with van der Waals surface area (Å²) in [6, 6.07) is 13.7. The Labute approximate surface area is 196 Å². The van der Waals surface area contributed by atoms with E-state index < -0.39 is 16.3 Å². The van der Waals surface area contributed by atoms with Gasteiger partial charge in [-0.2, -0.15) is 17.4 Å². The molecule has 0 radical (unpaired) electrons. The minimum Gasteiger partial charge on any atom is -0.376 e. The van der Waals surface area contributed by atoms with Crippen LogP contribution in [0, 0.1) is 6.92 Å². The summed E-state index contributed by atoms with van der Waals surface area (Å²) in [5, 5.41) is 0. The van der Waals surface area contributed by atoms with Gasteiger partial charge in [0.2, 0.25) is 0 Å². The van der Waals surface area contributed by atoms with Crippen molar-refractivity contribution in [2.45, 2.75) is 69.6 Å². The van der Waals surface area contributed by atoms with E-state index >= 15 is 0 Å². The van der Waals surface area contributed by atoms with Crippen molar-refractivity contribution in [2.75, 3.05) is 20.7 Å². The molecule has 1 fully saturated rings.